The molecule has 0 aliphatic rings. The van der Waals surface area contributed by atoms with Crippen molar-refractivity contribution in [1.29, 1.82) is 0 Å². The molecule has 118 valence electrons. The number of nitrogens with one attached hydrogen (secondary N) is 1. The molecule has 0 atom stereocenters. The first kappa shape index (κ1) is 17.5. The Kier molecular flexibility index (Phi) is 7.20. The average Bonchev–Trinajstić information content (AvgIpc) is 2.43. The van der Waals surface area contributed by atoms with E-state index < -0.39 is 0 Å². The van der Waals surface area contributed by atoms with E-state index >= 15 is 0 Å². The Labute approximate surface area is 129 Å². The summed E-state index contributed by atoms with van der Waals surface area (Å²) in [5.74, 6) is 0.941. The molecule has 1 aromatic rings. The highest BCUT2D eigenvalue weighted by Crippen LogP contribution is 2.11. The van der Waals surface area contributed by atoms with E-state index in [-0.39, 0.29) is 5.91 Å². The molecule has 21 heavy (non-hydrogen) atoms. The Balaban J connectivity index is 2.77. The highest BCUT2D eigenvalue weighted by Gasteiger charge is 2.18. The fraction of sp³-hybridized carbons (Fsp3) is 0.647. The minimum Gasteiger partial charge on any atom is -0.384 e. The van der Waals surface area contributed by atoms with Crippen LogP contribution in [0.2, 0.25) is 0 Å². The maximum absolute atomic E-state index is 12.6. The Morgan fingerprint density at radius 2 is 1.81 bits per heavy atom. The van der Waals surface area contributed by atoms with E-state index in [0.29, 0.717) is 17.5 Å². The SMILES string of the molecule is CCCNc1ccc(C(=O)N(CC(C)C)CC(C)C)nc1. The summed E-state index contributed by atoms with van der Waals surface area (Å²) in [5, 5.41) is 3.27. The van der Waals surface area contributed by atoms with Gasteiger partial charge < -0.3 is 10.2 Å². The van der Waals surface area contributed by atoms with Crippen molar-refractivity contribution in [2.24, 2.45) is 11.8 Å². The van der Waals surface area contributed by atoms with E-state index in [1.807, 2.05) is 17.0 Å². The second kappa shape index (κ2) is 8.65. The van der Waals surface area contributed by atoms with Crippen LogP contribution in [0.1, 0.15) is 51.5 Å². The fourth-order valence-corrected chi connectivity index (χ4v) is 2.18. The molecule has 0 saturated heterocycles. The van der Waals surface area contributed by atoms with Gasteiger partial charge in [-0.25, -0.2) is 4.98 Å². The van der Waals surface area contributed by atoms with Gasteiger partial charge in [-0.1, -0.05) is 34.6 Å². The van der Waals surface area contributed by atoms with Crippen molar-refractivity contribution in [3.05, 3.63) is 24.0 Å². The highest BCUT2D eigenvalue weighted by molar-refractivity contribution is 5.92. The third kappa shape index (κ3) is 6.15. The summed E-state index contributed by atoms with van der Waals surface area (Å²) in [4.78, 5) is 18.8. The zero-order valence-electron chi connectivity index (χ0n) is 14.0. The zero-order chi connectivity index (χ0) is 15.8. The van der Waals surface area contributed by atoms with Crippen LogP contribution in [0.4, 0.5) is 5.69 Å². The lowest BCUT2D eigenvalue weighted by Gasteiger charge is -2.26. The van der Waals surface area contributed by atoms with E-state index in [9.17, 15) is 4.79 Å². The van der Waals surface area contributed by atoms with Crippen LogP contribution in [0.5, 0.6) is 0 Å². The van der Waals surface area contributed by atoms with Crippen molar-refractivity contribution in [3.8, 4) is 0 Å². The van der Waals surface area contributed by atoms with Crippen LogP contribution in [-0.2, 0) is 0 Å². The summed E-state index contributed by atoms with van der Waals surface area (Å²) in [7, 11) is 0. The van der Waals surface area contributed by atoms with Gasteiger partial charge in [0.05, 0.1) is 11.9 Å². The summed E-state index contributed by atoms with van der Waals surface area (Å²) in [6.45, 7) is 13.1. The molecule has 0 aromatic carbocycles. The lowest BCUT2D eigenvalue weighted by atomic mass is 10.1. The molecule has 4 heteroatoms. The maximum Gasteiger partial charge on any atom is 0.272 e. The van der Waals surface area contributed by atoms with Crippen LogP contribution in [0, 0.1) is 11.8 Å². The molecule has 0 fully saturated rings. The standard InChI is InChI=1S/C17H29N3O/c1-6-9-18-15-7-8-16(19-10-15)17(21)20(11-13(2)3)12-14(4)5/h7-8,10,13-14,18H,6,9,11-12H2,1-5H3. The monoisotopic (exact) mass is 291 g/mol. The normalized spacial score (nSPS) is 11.0. The number of hydrogen-bond acceptors (Lipinski definition) is 3. The number of carbonyl (C=O) groups excluding carboxylic acids is 1. The highest BCUT2D eigenvalue weighted by atomic mass is 16.2. The molecular weight excluding hydrogens is 262 g/mol. The largest absolute Gasteiger partial charge is 0.384 e. The number of rotatable bonds is 8. The van der Waals surface area contributed by atoms with Crippen LogP contribution in [0.15, 0.2) is 18.3 Å². The van der Waals surface area contributed by atoms with Crippen LogP contribution in [0.3, 0.4) is 0 Å². The molecule has 1 aromatic heterocycles. The van der Waals surface area contributed by atoms with E-state index in [4.69, 9.17) is 0 Å². The number of nitrogens with zero attached hydrogens (tertiary/aromatic N) is 2. The van der Waals surface area contributed by atoms with Crippen molar-refractivity contribution >= 4 is 11.6 Å². The van der Waals surface area contributed by atoms with Crippen molar-refractivity contribution in [1.82, 2.24) is 9.88 Å². The van der Waals surface area contributed by atoms with Crippen LogP contribution in [-0.4, -0.2) is 35.4 Å². The molecule has 1 amide bonds. The van der Waals surface area contributed by atoms with Gasteiger partial charge in [0.15, 0.2) is 0 Å². The summed E-state index contributed by atoms with van der Waals surface area (Å²) in [6.07, 6.45) is 2.81. The third-order valence-corrected chi connectivity index (χ3v) is 3.02. The summed E-state index contributed by atoms with van der Waals surface area (Å²) in [6, 6.07) is 3.74. The molecule has 0 unspecified atom stereocenters. The Morgan fingerprint density at radius 1 is 1.19 bits per heavy atom. The number of anilines is 1. The van der Waals surface area contributed by atoms with Crippen LogP contribution >= 0.6 is 0 Å². The van der Waals surface area contributed by atoms with Crippen molar-refractivity contribution < 1.29 is 4.79 Å². The van der Waals surface area contributed by atoms with E-state index in [1.165, 1.54) is 0 Å². The molecule has 1 N–H and O–H groups in total. The minimum absolute atomic E-state index is 0.0273. The molecule has 0 bridgehead atoms. The van der Waals surface area contributed by atoms with E-state index in [0.717, 1.165) is 31.7 Å². The first-order valence-electron chi connectivity index (χ1n) is 7.93. The second-order valence-electron chi connectivity index (χ2n) is 6.36. The Bertz CT molecular complexity index is 416. The maximum atomic E-state index is 12.6. The molecule has 1 rings (SSSR count). The number of carbonyl (C=O) groups is 1. The predicted molar refractivity (Wildman–Crippen MR) is 88.6 cm³/mol. The molecular formula is C17H29N3O. The molecule has 0 aliphatic carbocycles. The van der Waals surface area contributed by atoms with Crippen molar-refractivity contribution in [2.75, 3.05) is 25.0 Å². The van der Waals surface area contributed by atoms with Gasteiger partial charge in [0, 0.05) is 19.6 Å². The van der Waals surface area contributed by atoms with Crippen molar-refractivity contribution in [2.45, 2.75) is 41.0 Å². The molecule has 4 nitrogen and oxygen atoms in total. The smallest absolute Gasteiger partial charge is 0.272 e. The number of aromatic nitrogens is 1. The molecule has 0 radical (unpaired) electrons. The van der Waals surface area contributed by atoms with Gasteiger partial charge in [0.2, 0.25) is 0 Å². The second-order valence-corrected chi connectivity index (χ2v) is 6.36. The van der Waals surface area contributed by atoms with Gasteiger partial charge in [-0.2, -0.15) is 0 Å². The number of pyridine rings is 1. The number of hydrogen-bond donors (Lipinski definition) is 1. The molecule has 0 aliphatic heterocycles. The van der Waals surface area contributed by atoms with Crippen LogP contribution in [0.25, 0.3) is 0 Å². The van der Waals surface area contributed by atoms with Crippen LogP contribution < -0.4 is 5.32 Å². The first-order chi connectivity index (χ1) is 9.93. The van der Waals surface area contributed by atoms with Gasteiger partial charge in [-0.15, -0.1) is 0 Å². The van der Waals surface area contributed by atoms with Gasteiger partial charge >= 0.3 is 0 Å². The minimum atomic E-state index is 0.0273. The predicted octanol–water partition coefficient (Wildman–Crippen LogP) is 3.66. The summed E-state index contributed by atoms with van der Waals surface area (Å²) < 4.78 is 0. The van der Waals surface area contributed by atoms with E-state index in [1.54, 1.807) is 6.20 Å². The molecule has 0 saturated carbocycles. The number of amides is 1. The topological polar surface area (TPSA) is 45.2 Å². The average molecular weight is 291 g/mol. The van der Waals surface area contributed by atoms with Gasteiger partial charge in [0.25, 0.3) is 5.91 Å². The lowest BCUT2D eigenvalue weighted by Crippen LogP contribution is -2.37. The molecule has 1 heterocycles. The van der Waals surface area contributed by atoms with E-state index in [2.05, 4.69) is 44.9 Å². The van der Waals surface area contributed by atoms with Gasteiger partial charge in [-0.3, -0.25) is 4.79 Å². The summed E-state index contributed by atoms with van der Waals surface area (Å²) >= 11 is 0. The van der Waals surface area contributed by atoms with Crippen molar-refractivity contribution in [3.63, 3.8) is 0 Å². The third-order valence-electron chi connectivity index (χ3n) is 3.02. The summed E-state index contributed by atoms with van der Waals surface area (Å²) in [5.41, 5.74) is 1.49. The lowest BCUT2D eigenvalue weighted by molar-refractivity contribution is 0.0709. The quantitative estimate of drug-likeness (QED) is 0.795. The fourth-order valence-electron chi connectivity index (χ4n) is 2.18. The molecule has 0 spiro atoms. The Morgan fingerprint density at radius 3 is 2.24 bits per heavy atom. The zero-order valence-corrected chi connectivity index (χ0v) is 14.0. The van der Waals surface area contributed by atoms with Gasteiger partial charge in [0.1, 0.15) is 5.69 Å². The Hall–Kier alpha value is -1.58. The first-order valence-corrected chi connectivity index (χ1v) is 7.93. The van der Waals surface area contributed by atoms with Gasteiger partial charge in [-0.05, 0) is 30.4 Å².